The van der Waals surface area contributed by atoms with Crippen molar-refractivity contribution < 1.29 is 9.53 Å². The smallest absolute Gasteiger partial charge is 0.340 e. The maximum atomic E-state index is 11.2. The second-order valence-electron chi connectivity index (χ2n) is 2.37. The lowest BCUT2D eigenvalue weighted by Gasteiger charge is -2.05. The summed E-state index contributed by atoms with van der Waals surface area (Å²) in [4.78, 5) is 15.2. The van der Waals surface area contributed by atoms with Crippen LogP contribution in [-0.4, -0.2) is 29.9 Å². The van der Waals surface area contributed by atoms with Crippen LogP contribution in [0, 0.1) is 12.3 Å². The minimum atomic E-state index is -0.525. The minimum Gasteiger partial charge on any atom is -0.465 e. The third kappa shape index (κ3) is 4.41. The van der Waals surface area contributed by atoms with Gasteiger partial charge in [-0.2, -0.15) is 0 Å². The number of hydrogen-bond donors (Lipinski definition) is 0. The highest BCUT2D eigenvalue weighted by Crippen LogP contribution is 2.12. The number of ether oxygens (including phenoxy) is 1. The number of carbonyl (C=O) groups excluding carboxylic acids is 1. The Morgan fingerprint density at radius 2 is 2.33 bits per heavy atom. The molecule has 0 rings (SSSR count). The van der Waals surface area contributed by atoms with Crippen molar-refractivity contribution in [3.05, 3.63) is 11.6 Å². The van der Waals surface area contributed by atoms with Crippen molar-refractivity contribution in [2.24, 2.45) is 4.99 Å². The number of thioether (sulfide) groups is 1. The summed E-state index contributed by atoms with van der Waals surface area (Å²) in [5.41, 5.74) is 0.216. The van der Waals surface area contributed by atoms with E-state index in [1.54, 1.807) is 6.92 Å². The van der Waals surface area contributed by atoms with Crippen LogP contribution in [0.25, 0.3) is 0 Å². The molecule has 0 amide bonds. The molecule has 0 bridgehead atoms. The summed E-state index contributed by atoms with van der Waals surface area (Å²) in [6.07, 6.45) is 8.55. The Hall–Kier alpha value is -0.920. The molecule has 0 aliphatic heterocycles. The molecule has 15 heavy (non-hydrogen) atoms. The first-order chi connectivity index (χ1) is 7.10. The van der Waals surface area contributed by atoms with Gasteiger partial charge in [0, 0.05) is 0 Å². The second-order valence-corrected chi connectivity index (χ2v) is 3.64. The number of halogens is 1. The molecule has 0 aromatic carbocycles. The molecule has 82 valence electrons. The van der Waals surface area contributed by atoms with E-state index in [2.05, 4.69) is 15.6 Å². The van der Waals surface area contributed by atoms with Crippen molar-refractivity contribution in [3.63, 3.8) is 0 Å². The largest absolute Gasteiger partial charge is 0.465 e. The van der Waals surface area contributed by atoms with Crippen LogP contribution in [0.4, 0.5) is 0 Å². The summed E-state index contributed by atoms with van der Waals surface area (Å²) < 4.78 is 4.54. The Bertz CT molecular complexity index is 331. The Kier molecular flexibility index (Phi) is 6.93. The predicted octanol–water partition coefficient (Wildman–Crippen LogP) is 2.07. The summed E-state index contributed by atoms with van der Waals surface area (Å²) in [6, 6.07) is 0. The summed E-state index contributed by atoms with van der Waals surface area (Å²) >= 11 is 7.20. The van der Waals surface area contributed by atoms with Crippen molar-refractivity contribution in [2.45, 2.75) is 12.3 Å². The molecule has 0 saturated carbocycles. The third-order valence-corrected chi connectivity index (χ3v) is 2.50. The van der Waals surface area contributed by atoms with Crippen molar-refractivity contribution >= 4 is 34.5 Å². The van der Waals surface area contributed by atoms with Crippen LogP contribution < -0.4 is 0 Å². The zero-order valence-corrected chi connectivity index (χ0v) is 10.4. The van der Waals surface area contributed by atoms with E-state index in [1.807, 2.05) is 6.26 Å². The lowest BCUT2D eigenvalue weighted by molar-refractivity contribution is -0.135. The van der Waals surface area contributed by atoms with Gasteiger partial charge in [-0.25, -0.2) is 9.79 Å². The highest BCUT2D eigenvalue weighted by molar-refractivity contribution is 7.99. The Balaban J connectivity index is 4.90. The molecule has 0 aliphatic carbocycles. The van der Waals surface area contributed by atoms with Crippen molar-refractivity contribution in [1.82, 2.24) is 0 Å². The fraction of sp³-hybridized carbons (Fsp3) is 0.400. The first kappa shape index (κ1) is 14.1. The molecule has 0 aromatic rings. The summed E-state index contributed by atoms with van der Waals surface area (Å²) in [7, 11) is 1.28. The quantitative estimate of drug-likeness (QED) is 0.329. The van der Waals surface area contributed by atoms with Crippen molar-refractivity contribution in [1.29, 1.82) is 0 Å². The third-order valence-electron chi connectivity index (χ3n) is 1.51. The maximum absolute atomic E-state index is 11.2. The predicted molar refractivity (Wildman–Crippen MR) is 65.2 cm³/mol. The fourth-order valence-corrected chi connectivity index (χ4v) is 1.45. The molecule has 0 radical (unpaired) electrons. The number of carbonyl (C=O) groups is 1. The van der Waals surface area contributed by atoms with E-state index in [9.17, 15) is 4.79 Å². The van der Waals surface area contributed by atoms with E-state index >= 15 is 0 Å². The zero-order chi connectivity index (χ0) is 11.8. The molecule has 3 nitrogen and oxygen atoms in total. The molecule has 1 atom stereocenters. The van der Waals surface area contributed by atoms with Gasteiger partial charge in [0.15, 0.2) is 5.37 Å². The molecule has 0 aromatic heterocycles. The highest BCUT2D eigenvalue weighted by Gasteiger charge is 2.14. The lowest BCUT2D eigenvalue weighted by Crippen LogP contribution is -2.12. The van der Waals surface area contributed by atoms with Gasteiger partial charge in [0.2, 0.25) is 0 Å². The van der Waals surface area contributed by atoms with E-state index < -0.39 is 11.3 Å². The van der Waals surface area contributed by atoms with Gasteiger partial charge in [-0.1, -0.05) is 23.6 Å². The zero-order valence-electron chi connectivity index (χ0n) is 8.78. The summed E-state index contributed by atoms with van der Waals surface area (Å²) in [5.74, 6) is 1.91. The van der Waals surface area contributed by atoms with Crippen LogP contribution in [0.5, 0.6) is 0 Å². The number of hydrogen-bond acceptors (Lipinski definition) is 4. The van der Waals surface area contributed by atoms with E-state index in [-0.39, 0.29) is 10.7 Å². The lowest BCUT2D eigenvalue weighted by atomic mass is 10.3. The number of allylic oxidation sites excluding steroid dienone is 1. The van der Waals surface area contributed by atoms with Crippen LogP contribution >= 0.6 is 23.4 Å². The van der Waals surface area contributed by atoms with Gasteiger partial charge in [0.05, 0.1) is 12.7 Å². The van der Waals surface area contributed by atoms with Crippen molar-refractivity contribution in [3.8, 4) is 12.3 Å². The van der Waals surface area contributed by atoms with Crippen LogP contribution in [0.3, 0.4) is 0 Å². The van der Waals surface area contributed by atoms with Gasteiger partial charge in [-0.3, -0.25) is 0 Å². The van der Waals surface area contributed by atoms with E-state index in [0.717, 1.165) is 0 Å². The normalized spacial score (nSPS) is 14.3. The number of rotatable bonds is 4. The number of aliphatic imine (C=N–C) groups is 1. The fourth-order valence-electron chi connectivity index (χ4n) is 0.762. The molecule has 0 spiro atoms. The molecule has 0 saturated heterocycles. The topological polar surface area (TPSA) is 38.7 Å². The van der Waals surface area contributed by atoms with Gasteiger partial charge in [0.1, 0.15) is 5.17 Å². The van der Waals surface area contributed by atoms with E-state index in [4.69, 9.17) is 18.0 Å². The SMILES string of the molecule is C#CC(N=C(Cl)/C(=C\C)C(=O)OC)SC. The van der Waals surface area contributed by atoms with Gasteiger partial charge in [-0.05, 0) is 13.2 Å². The van der Waals surface area contributed by atoms with Gasteiger partial charge < -0.3 is 4.74 Å². The Labute approximate surface area is 98.9 Å². The monoisotopic (exact) mass is 245 g/mol. The summed E-state index contributed by atoms with van der Waals surface area (Å²) in [5, 5.41) is -0.321. The molecule has 1 unspecified atom stereocenters. The van der Waals surface area contributed by atoms with E-state index in [1.165, 1.54) is 24.9 Å². The first-order valence-corrected chi connectivity index (χ1v) is 5.74. The Morgan fingerprint density at radius 3 is 2.67 bits per heavy atom. The van der Waals surface area contributed by atoms with Crippen LogP contribution in [-0.2, 0) is 9.53 Å². The van der Waals surface area contributed by atoms with Gasteiger partial charge in [0.25, 0.3) is 0 Å². The van der Waals surface area contributed by atoms with E-state index in [0.29, 0.717) is 0 Å². The van der Waals surface area contributed by atoms with Gasteiger partial charge >= 0.3 is 5.97 Å². The van der Waals surface area contributed by atoms with Gasteiger partial charge in [-0.15, -0.1) is 18.2 Å². The van der Waals surface area contributed by atoms with Crippen LogP contribution in [0.15, 0.2) is 16.6 Å². The molecule has 5 heteroatoms. The standard InChI is InChI=1S/C10H12ClNO2S/c1-5-7(10(13)14-3)9(11)12-8(6-2)15-4/h2,5,8H,1,3-4H3/b7-5+,12-9?. The van der Waals surface area contributed by atoms with Crippen molar-refractivity contribution in [2.75, 3.05) is 13.4 Å². The first-order valence-electron chi connectivity index (χ1n) is 4.07. The molecule has 0 N–H and O–H groups in total. The molecule has 0 fully saturated rings. The van der Waals surface area contributed by atoms with Crippen LogP contribution in [0.2, 0.25) is 0 Å². The Morgan fingerprint density at radius 1 is 1.73 bits per heavy atom. The maximum Gasteiger partial charge on any atom is 0.340 e. The highest BCUT2D eigenvalue weighted by atomic mass is 35.5. The average molecular weight is 246 g/mol. The molecular weight excluding hydrogens is 234 g/mol. The molecular formula is C10H12ClNO2S. The summed E-state index contributed by atoms with van der Waals surface area (Å²) in [6.45, 7) is 1.67. The average Bonchev–Trinajstić information content (AvgIpc) is 2.26. The second kappa shape index (κ2) is 7.38. The molecule has 0 heterocycles. The number of methoxy groups -OCH3 is 1. The molecule has 0 aliphatic rings. The number of nitrogens with zero attached hydrogens (tertiary/aromatic N) is 1. The number of esters is 1. The number of terminal acetylenes is 1. The van der Waals surface area contributed by atoms with Crippen LogP contribution in [0.1, 0.15) is 6.92 Å². The minimum absolute atomic E-state index is 0.0710.